The van der Waals surface area contributed by atoms with Crippen LogP contribution in [0.15, 0.2) is 23.2 Å². The second kappa shape index (κ2) is 10.7. The molecule has 1 aromatic rings. The number of amides is 1. The number of carbonyl (C=O) groups excluding carboxylic acids is 1. The molecule has 2 rings (SSSR count). The molecule has 1 aliphatic rings. The lowest BCUT2D eigenvalue weighted by atomic mass is 10.2. The van der Waals surface area contributed by atoms with Gasteiger partial charge in [-0.05, 0) is 31.9 Å². The Morgan fingerprint density at radius 3 is 2.46 bits per heavy atom. The Kier molecular flexibility index (Phi) is 8.65. The highest BCUT2D eigenvalue weighted by Gasteiger charge is 2.21. The first-order valence-electron chi connectivity index (χ1n) is 10.1. The van der Waals surface area contributed by atoms with E-state index in [9.17, 15) is 13.2 Å². The highest BCUT2D eigenvalue weighted by atomic mass is 32.2. The second-order valence-electron chi connectivity index (χ2n) is 7.28. The number of nitrogens with one attached hydrogen (secondary N) is 2. The molecule has 1 aromatic heterocycles. The Labute approximate surface area is 168 Å². The van der Waals surface area contributed by atoms with E-state index >= 15 is 0 Å². The molecule has 0 saturated carbocycles. The van der Waals surface area contributed by atoms with Crippen molar-refractivity contribution in [3.8, 4) is 0 Å². The third kappa shape index (κ3) is 6.72. The van der Waals surface area contributed by atoms with E-state index in [0.29, 0.717) is 13.1 Å². The van der Waals surface area contributed by atoms with Gasteiger partial charge in [0.05, 0.1) is 6.54 Å². The van der Waals surface area contributed by atoms with Gasteiger partial charge >= 0.3 is 0 Å². The zero-order valence-electron chi connectivity index (χ0n) is 17.1. The number of rotatable bonds is 10. The molecule has 158 valence electrons. The minimum atomic E-state index is -3.54. The molecule has 1 atom stereocenters. The van der Waals surface area contributed by atoms with Gasteiger partial charge in [0.15, 0.2) is 0 Å². The average molecular weight is 412 g/mol. The maximum absolute atomic E-state index is 12.4. The van der Waals surface area contributed by atoms with Crippen molar-refractivity contribution >= 4 is 21.7 Å². The van der Waals surface area contributed by atoms with Crippen LogP contribution in [0.5, 0.6) is 0 Å². The van der Waals surface area contributed by atoms with Crippen LogP contribution in [-0.2, 0) is 14.8 Å². The van der Waals surface area contributed by atoms with E-state index in [1.807, 2.05) is 20.8 Å². The molecule has 8 nitrogen and oxygen atoms in total. The van der Waals surface area contributed by atoms with Crippen LogP contribution in [0.3, 0.4) is 0 Å². The van der Waals surface area contributed by atoms with Crippen LogP contribution in [0.1, 0.15) is 40.0 Å². The molecule has 0 spiro atoms. The summed E-state index contributed by atoms with van der Waals surface area (Å²) in [4.78, 5) is 20.6. The molecular weight excluding hydrogens is 378 g/mol. The first kappa shape index (κ1) is 22.6. The van der Waals surface area contributed by atoms with Gasteiger partial charge in [-0.25, -0.2) is 18.1 Å². The number of nitrogens with zero attached hydrogens (tertiary/aromatic N) is 3. The molecular formula is C19H33N5O3S. The number of piperazine rings is 1. The smallest absolute Gasteiger partial charge is 0.242 e. The van der Waals surface area contributed by atoms with Crippen LogP contribution in [0.2, 0.25) is 0 Å². The fraction of sp³-hybridized carbons (Fsp3) is 0.684. The lowest BCUT2D eigenvalue weighted by Gasteiger charge is -2.35. The monoisotopic (exact) mass is 411 g/mol. The third-order valence-corrected chi connectivity index (χ3v) is 6.32. The summed E-state index contributed by atoms with van der Waals surface area (Å²) in [6, 6.07) is 3.26. The van der Waals surface area contributed by atoms with E-state index in [1.54, 1.807) is 12.1 Å². The summed E-state index contributed by atoms with van der Waals surface area (Å²) in [6.07, 6.45) is 4.07. The third-order valence-electron chi connectivity index (χ3n) is 4.74. The van der Waals surface area contributed by atoms with E-state index in [0.717, 1.165) is 51.3 Å². The van der Waals surface area contributed by atoms with Gasteiger partial charge in [-0.3, -0.25) is 9.69 Å². The highest BCUT2D eigenvalue weighted by Crippen LogP contribution is 2.17. The van der Waals surface area contributed by atoms with Gasteiger partial charge in [0.25, 0.3) is 0 Å². The van der Waals surface area contributed by atoms with Gasteiger partial charge in [0.2, 0.25) is 15.9 Å². The molecule has 0 aliphatic carbocycles. The number of hydrogen-bond acceptors (Lipinski definition) is 6. The maximum atomic E-state index is 12.4. The van der Waals surface area contributed by atoms with E-state index in [2.05, 4.69) is 24.8 Å². The van der Waals surface area contributed by atoms with Crippen molar-refractivity contribution in [2.24, 2.45) is 0 Å². The number of anilines is 1. The summed E-state index contributed by atoms with van der Waals surface area (Å²) in [6.45, 7) is 10.1. The van der Waals surface area contributed by atoms with Gasteiger partial charge in [-0.2, -0.15) is 0 Å². The first-order valence-corrected chi connectivity index (χ1v) is 11.6. The number of sulfonamides is 1. The zero-order valence-corrected chi connectivity index (χ0v) is 18.0. The molecule has 0 radical (unpaired) electrons. The van der Waals surface area contributed by atoms with Crippen molar-refractivity contribution in [2.75, 3.05) is 44.2 Å². The summed E-state index contributed by atoms with van der Waals surface area (Å²) in [5, 5.41) is 2.89. The van der Waals surface area contributed by atoms with Crippen molar-refractivity contribution in [2.45, 2.75) is 51.0 Å². The summed E-state index contributed by atoms with van der Waals surface area (Å²) >= 11 is 0. The summed E-state index contributed by atoms with van der Waals surface area (Å²) in [5.41, 5.74) is 0. The zero-order chi connectivity index (χ0) is 20.6. The summed E-state index contributed by atoms with van der Waals surface area (Å²) in [5.74, 6) is 0.823. The molecule has 2 N–H and O–H groups in total. The number of aromatic nitrogens is 1. The van der Waals surface area contributed by atoms with E-state index < -0.39 is 10.0 Å². The summed E-state index contributed by atoms with van der Waals surface area (Å²) in [7, 11) is -3.54. The first-order chi connectivity index (χ1) is 13.4. The molecule has 28 heavy (non-hydrogen) atoms. The van der Waals surface area contributed by atoms with Gasteiger partial charge in [-0.1, -0.05) is 20.3 Å². The van der Waals surface area contributed by atoms with Crippen molar-refractivity contribution in [3.05, 3.63) is 18.3 Å². The minimum absolute atomic E-state index is 0.0628. The Morgan fingerprint density at radius 2 is 1.89 bits per heavy atom. The molecule has 0 bridgehead atoms. The van der Waals surface area contributed by atoms with E-state index in [4.69, 9.17) is 0 Å². The standard InChI is InChI=1S/C19H33N5O3S/c1-4-6-16(3)22-28(26,27)17-7-8-18(21-14-17)24-12-10-23(11-13-24)15-19(25)20-9-5-2/h7-8,14,16,22H,4-6,9-13,15H2,1-3H3,(H,20,25). The van der Waals surface area contributed by atoms with Gasteiger partial charge in [-0.15, -0.1) is 0 Å². The van der Waals surface area contributed by atoms with Crippen LogP contribution in [0, 0.1) is 0 Å². The predicted molar refractivity (Wildman–Crippen MR) is 111 cm³/mol. The Balaban J connectivity index is 1.88. The molecule has 0 aromatic carbocycles. The molecule has 1 saturated heterocycles. The van der Waals surface area contributed by atoms with Gasteiger partial charge in [0, 0.05) is 45.0 Å². The van der Waals surface area contributed by atoms with Crippen molar-refractivity contribution in [1.29, 1.82) is 0 Å². The SMILES string of the molecule is CCCNC(=O)CN1CCN(c2ccc(S(=O)(=O)NC(C)CCC)cn2)CC1. The van der Waals surface area contributed by atoms with Crippen molar-refractivity contribution in [3.63, 3.8) is 0 Å². The largest absolute Gasteiger partial charge is 0.355 e. The van der Waals surface area contributed by atoms with Crippen LogP contribution < -0.4 is 14.9 Å². The Morgan fingerprint density at radius 1 is 1.18 bits per heavy atom. The van der Waals surface area contributed by atoms with Gasteiger partial charge in [0.1, 0.15) is 10.7 Å². The lowest BCUT2D eigenvalue weighted by Crippen LogP contribution is -2.49. The molecule has 1 unspecified atom stereocenters. The van der Waals surface area contributed by atoms with E-state index in [-0.39, 0.29) is 16.8 Å². The Hall–Kier alpha value is -1.71. The van der Waals surface area contributed by atoms with Crippen LogP contribution in [-0.4, -0.2) is 69.5 Å². The van der Waals surface area contributed by atoms with Crippen LogP contribution in [0.4, 0.5) is 5.82 Å². The maximum Gasteiger partial charge on any atom is 0.242 e. The summed E-state index contributed by atoms with van der Waals surface area (Å²) < 4.78 is 27.5. The second-order valence-corrected chi connectivity index (χ2v) is 8.99. The Bertz CT molecular complexity index is 716. The quantitative estimate of drug-likeness (QED) is 0.601. The lowest BCUT2D eigenvalue weighted by molar-refractivity contribution is -0.122. The normalized spacial score (nSPS) is 16.8. The fourth-order valence-electron chi connectivity index (χ4n) is 3.20. The number of hydrogen-bond donors (Lipinski definition) is 2. The topological polar surface area (TPSA) is 94.6 Å². The minimum Gasteiger partial charge on any atom is -0.355 e. The van der Waals surface area contributed by atoms with Crippen LogP contribution in [0.25, 0.3) is 0 Å². The van der Waals surface area contributed by atoms with Crippen molar-refractivity contribution in [1.82, 2.24) is 19.9 Å². The van der Waals surface area contributed by atoms with Gasteiger partial charge < -0.3 is 10.2 Å². The molecule has 1 fully saturated rings. The van der Waals surface area contributed by atoms with E-state index in [1.165, 1.54) is 6.20 Å². The molecule has 2 heterocycles. The molecule has 9 heteroatoms. The average Bonchev–Trinajstić information content (AvgIpc) is 2.67. The highest BCUT2D eigenvalue weighted by molar-refractivity contribution is 7.89. The van der Waals surface area contributed by atoms with Crippen molar-refractivity contribution < 1.29 is 13.2 Å². The van der Waals surface area contributed by atoms with Crippen LogP contribution >= 0.6 is 0 Å². The molecule has 1 aliphatic heterocycles. The predicted octanol–water partition coefficient (Wildman–Crippen LogP) is 1.20. The fourth-order valence-corrected chi connectivity index (χ4v) is 4.42. The number of pyridine rings is 1. The molecule has 1 amide bonds. The number of carbonyl (C=O) groups is 1.